The molecule has 0 saturated heterocycles. The molecule has 0 aromatic heterocycles. The number of allylic oxidation sites excluding steroid dienone is 2. The van der Waals surface area contributed by atoms with E-state index in [1.54, 1.807) is 0 Å². The lowest BCUT2D eigenvalue weighted by Gasteiger charge is -2.30. The van der Waals surface area contributed by atoms with E-state index in [0.717, 1.165) is 83.7 Å². The van der Waals surface area contributed by atoms with Gasteiger partial charge < -0.3 is 20.1 Å². The lowest BCUT2D eigenvalue weighted by atomic mass is 9.86. The predicted octanol–water partition coefficient (Wildman–Crippen LogP) is 4.92. The van der Waals surface area contributed by atoms with Gasteiger partial charge in [0, 0.05) is 25.7 Å². The van der Waals surface area contributed by atoms with Crippen LogP contribution in [0.3, 0.4) is 0 Å². The third kappa shape index (κ3) is 10.2. The van der Waals surface area contributed by atoms with Crippen molar-refractivity contribution in [2.75, 3.05) is 19.8 Å². The standard InChI is InChI=1S/C24H44O4/c1-2-3-21-28-23-16-18-24(27,17-12-8-6-10-14-20-26)22(23)15-11-7-4-5-9-13-19-25/h8,11-12,15,22-23,25-27H,2-7,9-10,13-14,16-21H2,1H3/t22-,23+,24?/m1/s1. The third-order valence-corrected chi connectivity index (χ3v) is 5.75. The molecule has 1 saturated carbocycles. The van der Waals surface area contributed by atoms with Gasteiger partial charge >= 0.3 is 0 Å². The highest BCUT2D eigenvalue weighted by atomic mass is 16.5. The zero-order valence-corrected chi connectivity index (χ0v) is 18.0. The molecule has 0 spiro atoms. The van der Waals surface area contributed by atoms with Crippen molar-refractivity contribution < 1.29 is 20.1 Å². The lowest BCUT2D eigenvalue weighted by Crippen LogP contribution is -2.36. The number of ether oxygens (including phenoxy) is 1. The molecule has 164 valence electrons. The van der Waals surface area contributed by atoms with Crippen molar-refractivity contribution in [2.24, 2.45) is 5.92 Å². The molecule has 1 rings (SSSR count). The molecule has 1 fully saturated rings. The van der Waals surface area contributed by atoms with Crippen LogP contribution in [0.5, 0.6) is 0 Å². The number of aliphatic hydroxyl groups excluding tert-OH is 2. The van der Waals surface area contributed by atoms with Crippen molar-refractivity contribution in [2.45, 2.75) is 102 Å². The van der Waals surface area contributed by atoms with E-state index in [0.29, 0.717) is 6.42 Å². The molecule has 0 amide bonds. The minimum Gasteiger partial charge on any atom is -0.396 e. The molecule has 1 aliphatic carbocycles. The lowest BCUT2D eigenvalue weighted by molar-refractivity contribution is -0.0284. The summed E-state index contributed by atoms with van der Waals surface area (Å²) in [5, 5.41) is 29.0. The highest BCUT2D eigenvalue weighted by Crippen LogP contribution is 2.41. The Morgan fingerprint density at radius 2 is 1.57 bits per heavy atom. The van der Waals surface area contributed by atoms with Crippen LogP contribution in [0.25, 0.3) is 0 Å². The van der Waals surface area contributed by atoms with Crippen LogP contribution in [0.4, 0.5) is 0 Å². The summed E-state index contributed by atoms with van der Waals surface area (Å²) < 4.78 is 6.13. The molecule has 0 aromatic carbocycles. The van der Waals surface area contributed by atoms with Gasteiger partial charge in [0.1, 0.15) is 0 Å². The Bertz CT molecular complexity index is 421. The summed E-state index contributed by atoms with van der Waals surface area (Å²) in [7, 11) is 0. The van der Waals surface area contributed by atoms with Gasteiger partial charge in [-0.15, -0.1) is 0 Å². The van der Waals surface area contributed by atoms with Gasteiger partial charge in [-0.2, -0.15) is 0 Å². The Balaban J connectivity index is 2.55. The number of hydrogen-bond acceptors (Lipinski definition) is 4. The molecule has 4 heteroatoms. The SMILES string of the molecule is CCCCO[C@H]1CCC(O)(CC=CCCCCO)[C@@H]1C=CCCCCCCO. The second kappa shape index (κ2) is 16.2. The van der Waals surface area contributed by atoms with Crippen molar-refractivity contribution in [3.63, 3.8) is 0 Å². The van der Waals surface area contributed by atoms with Crippen LogP contribution in [-0.4, -0.2) is 46.8 Å². The molecule has 3 atom stereocenters. The summed E-state index contributed by atoms with van der Waals surface area (Å²) in [6.07, 6.45) is 21.4. The van der Waals surface area contributed by atoms with Crippen molar-refractivity contribution >= 4 is 0 Å². The number of aliphatic hydroxyl groups is 3. The molecular formula is C24H44O4. The van der Waals surface area contributed by atoms with Gasteiger partial charge in [-0.25, -0.2) is 0 Å². The first-order valence-corrected chi connectivity index (χ1v) is 11.5. The molecule has 4 nitrogen and oxygen atoms in total. The molecule has 0 heterocycles. The summed E-state index contributed by atoms with van der Waals surface area (Å²) in [6, 6.07) is 0. The van der Waals surface area contributed by atoms with Crippen molar-refractivity contribution in [3.05, 3.63) is 24.3 Å². The summed E-state index contributed by atoms with van der Waals surface area (Å²) in [5.41, 5.74) is -0.711. The monoisotopic (exact) mass is 396 g/mol. The number of unbranched alkanes of at least 4 members (excludes halogenated alkanes) is 7. The van der Waals surface area contributed by atoms with Gasteiger partial charge in [0.15, 0.2) is 0 Å². The summed E-state index contributed by atoms with van der Waals surface area (Å²) >= 11 is 0. The quantitative estimate of drug-likeness (QED) is 0.241. The van der Waals surface area contributed by atoms with Crippen LogP contribution >= 0.6 is 0 Å². The largest absolute Gasteiger partial charge is 0.396 e. The maximum Gasteiger partial charge on any atom is 0.0770 e. The topological polar surface area (TPSA) is 69.9 Å². The second-order valence-corrected chi connectivity index (χ2v) is 8.18. The average molecular weight is 397 g/mol. The Kier molecular flexibility index (Phi) is 14.6. The third-order valence-electron chi connectivity index (χ3n) is 5.75. The predicted molar refractivity (Wildman–Crippen MR) is 116 cm³/mol. The van der Waals surface area contributed by atoms with Crippen LogP contribution < -0.4 is 0 Å². The number of rotatable bonds is 17. The Morgan fingerprint density at radius 3 is 2.32 bits per heavy atom. The minimum atomic E-state index is -0.711. The van der Waals surface area contributed by atoms with Crippen molar-refractivity contribution in [3.8, 4) is 0 Å². The second-order valence-electron chi connectivity index (χ2n) is 8.18. The Morgan fingerprint density at radius 1 is 0.893 bits per heavy atom. The summed E-state index contributed by atoms with van der Waals surface area (Å²) in [5.74, 6) is 0.0592. The van der Waals surface area contributed by atoms with E-state index in [2.05, 4.69) is 31.2 Å². The van der Waals surface area contributed by atoms with Crippen molar-refractivity contribution in [1.29, 1.82) is 0 Å². The first kappa shape index (κ1) is 25.4. The first-order chi connectivity index (χ1) is 13.7. The zero-order chi connectivity index (χ0) is 20.5. The van der Waals surface area contributed by atoms with Crippen LogP contribution in [0, 0.1) is 5.92 Å². The first-order valence-electron chi connectivity index (χ1n) is 11.5. The summed E-state index contributed by atoms with van der Waals surface area (Å²) in [6.45, 7) is 3.49. The molecule has 0 aliphatic heterocycles. The fourth-order valence-corrected chi connectivity index (χ4v) is 3.94. The smallest absolute Gasteiger partial charge is 0.0770 e. The molecule has 1 aliphatic rings. The fourth-order valence-electron chi connectivity index (χ4n) is 3.94. The average Bonchev–Trinajstić information content (AvgIpc) is 3.00. The molecule has 0 radical (unpaired) electrons. The normalized spacial score (nSPS) is 25.4. The van der Waals surface area contributed by atoms with Gasteiger partial charge in [0.25, 0.3) is 0 Å². The van der Waals surface area contributed by atoms with Gasteiger partial charge in [0.05, 0.1) is 11.7 Å². The maximum absolute atomic E-state index is 11.3. The molecule has 0 aromatic rings. The van der Waals surface area contributed by atoms with E-state index in [1.807, 2.05) is 0 Å². The van der Waals surface area contributed by atoms with E-state index in [1.165, 1.54) is 0 Å². The molecule has 1 unspecified atom stereocenters. The van der Waals surface area contributed by atoms with Crippen LogP contribution in [0.1, 0.15) is 90.4 Å². The maximum atomic E-state index is 11.3. The van der Waals surface area contributed by atoms with Gasteiger partial charge in [-0.05, 0) is 64.2 Å². The fraction of sp³-hybridized carbons (Fsp3) is 0.833. The molecular weight excluding hydrogens is 352 g/mol. The van der Waals surface area contributed by atoms with Crippen LogP contribution in [0.15, 0.2) is 24.3 Å². The summed E-state index contributed by atoms with van der Waals surface area (Å²) in [4.78, 5) is 0. The van der Waals surface area contributed by atoms with E-state index in [4.69, 9.17) is 14.9 Å². The molecule has 0 bridgehead atoms. The van der Waals surface area contributed by atoms with Gasteiger partial charge in [-0.1, -0.05) is 50.5 Å². The molecule has 28 heavy (non-hydrogen) atoms. The van der Waals surface area contributed by atoms with Gasteiger partial charge in [-0.3, -0.25) is 0 Å². The van der Waals surface area contributed by atoms with E-state index in [-0.39, 0.29) is 25.2 Å². The van der Waals surface area contributed by atoms with Crippen molar-refractivity contribution in [1.82, 2.24) is 0 Å². The highest BCUT2D eigenvalue weighted by molar-refractivity contribution is 5.10. The highest BCUT2D eigenvalue weighted by Gasteiger charge is 2.45. The zero-order valence-electron chi connectivity index (χ0n) is 18.0. The Labute approximate surface area is 172 Å². The Hall–Kier alpha value is -0.680. The molecule has 3 N–H and O–H groups in total. The van der Waals surface area contributed by atoms with Gasteiger partial charge in [0.2, 0.25) is 0 Å². The van der Waals surface area contributed by atoms with Crippen LogP contribution in [0.2, 0.25) is 0 Å². The minimum absolute atomic E-state index is 0.0592. The van der Waals surface area contributed by atoms with E-state index in [9.17, 15) is 5.11 Å². The van der Waals surface area contributed by atoms with E-state index >= 15 is 0 Å². The van der Waals surface area contributed by atoms with Crippen LogP contribution in [-0.2, 0) is 4.74 Å². The number of hydrogen-bond donors (Lipinski definition) is 3. The van der Waals surface area contributed by atoms with E-state index < -0.39 is 5.60 Å².